The molecule has 0 bridgehead atoms. The van der Waals surface area contributed by atoms with Crippen molar-refractivity contribution in [1.29, 1.82) is 0 Å². The van der Waals surface area contributed by atoms with Gasteiger partial charge in [-0.1, -0.05) is 18.2 Å². The van der Waals surface area contributed by atoms with Crippen LogP contribution in [0, 0.1) is 11.7 Å². The Labute approximate surface area is 184 Å². The van der Waals surface area contributed by atoms with Gasteiger partial charge in [-0.3, -0.25) is 9.78 Å². The summed E-state index contributed by atoms with van der Waals surface area (Å²) < 4.78 is 15.8. The molecule has 162 valence electrons. The first kappa shape index (κ1) is 20.0. The third-order valence-electron chi connectivity index (χ3n) is 5.72. The summed E-state index contributed by atoms with van der Waals surface area (Å²) in [6, 6.07) is 15.8. The van der Waals surface area contributed by atoms with Gasteiger partial charge in [0.2, 0.25) is 5.91 Å². The van der Waals surface area contributed by atoms with Crippen molar-refractivity contribution in [3.8, 4) is 11.4 Å². The molecule has 5 rings (SSSR count). The monoisotopic (exact) mass is 431 g/mol. The number of pyridine rings is 1. The molecule has 4 heterocycles. The van der Waals surface area contributed by atoms with Gasteiger partial charge in [0, 0.05) is 25.2 Å². The van der Waals surface area contributed by atoms with Crippen LogP contribution in [0.15, 0.2) is 60.8 Å². The number of carbonyl (C=O) groups excluding carboxylic acids is 1. The van der Waals surface area contributed by atoms with Gasteiger partial charge in [0.15, 0.2) is 11.5 Å². The van der Waals surface area contributed by atoms with E-state index in [2.05, 4.69) is 30.5 Å². The van der Waals surface area contributed by atoms with Crippen molar-refractivity contribution in [3.63, 3.8) is 0 Å². The van der Waals surface area contributed by atoms with E-state index in [1.165, 1.54) is 6.07 Å². The molecule has 0 radical (unpaired) electrons. The van der Waals surface area contributed by atoms with Crippen molar-refractivity contribution in [2.75, 3.05) is 18.0 Å². The minimum Gasteiger partial charge on any atom is -0.355 e. The number of hydrogen-bond donors (Lipinski definition) is 1. The van der Waals surface area contributed by atoms with E-state index < -0.39 is 0 Å². The van der Waals surface area contributed by atoms with Crippen LogP contribution in [0.1, 0.15) is 18.5 Å². The van der Waals surface area contributed by atoms with Gasteiger partial charge in [0.25, 0.3) is 0 Å². The van der Waals surface area contributed by atoms with Crippen molar-refractivity contribution in [3.05, 3.63) is 72.3 Å². The standard InChI is InChI=1S/C23H22FN7O/c24-19-7-2-1-6-18(19)22-28-27-20-8-9-21(29-31(20)22)30-13-10-16(11-14-30)23(32)26-15-17-5-3-4-12-25-17/h1-9,12,16H,10-11,13-15H2,(H,26,32). The molecule has 0 atom stereocenters. The summed E-state index contributed by atoms with van der Waals surface area (Å²) in [6.45, 7) is 1.85. The summed E-state index contributed by atoms with van der Waals surface area (Å²) in [6.07, 6.45) is 3.18. The Hall–Kier alpha value is -3.88. The molecule has 4 aromatic rings. The van der Waals surface area contributed by atoms with Gasteiger partial charge in [-0.15, -0.1) is 15.3 Å². The molecule has 1 saturated heterocycles. The van der Waals surface area contributed by atoms with Crippen LogP contribution in [0.3, 0.4) is 0 Å². The predicted molar refractivity (Wildman–Crippen MR) is 117 cm³/mol. The Morgan fingerprint density at radius 1 is 1.03 bits per heavy atom. The predicted octanol–water partition coefficient (Wildman–Crippen LogP) is 2.86. The number of nitrogens with zero attached hydrogens (tertiary/aromatic N) is 6. The fraction of sp³-hybridized carbons (Fsp3) is 0.261. The number of aromatic nitrogens is 5. The summed E-state index contributed by atoms with van der Waals surface area (Å²) in [5.41, 5.74) is 1.75. The Balaban J connectivity index is 1.26. The van der Waals surface area contributed by atoms with Gasteiger partial charge in [0.1, 0.15) is 11.6 Å². The normalized spacial score (nSPS) is 14.6. The fourth-order valence-electron chi connectivity index (χ4n) is 3.95. The topological polar surface area (TPSA) is 88.3 Å². The van der Waals surface area contributed by atoms with Crippen LogP contribution >= 0.6 is 0 Å². The number of rotatable bonds is 5. The second-order valence-corrected chi connectivity index (χ2v) is 7.77. The van der Waals surface area contributed by atoms with E-state index in [9.17, 15) is 9.18 Å². The van der Waals surface area contributed by atoms with Gasteiger partial charge in [-0.25, -0.2) is 4.39 Å². The maximum atomic E-state index is 14.3. The number of fused-ring (bicyclic) bond motifs is 1. The second kappa shape index (κ2) is 8.70. The van der Waals surface area contributed by atoms with Gasteiger partial charge in [-0.05, 0) is 49.2 Å². The van der Waals surface area contributed by atoms with E-state index in [1.54, 1.807) is 28.9 Å². The molecule has 1 aromatic carbocycles. The van der Waals surface area contributed by atoms with E-state index in [0.29, 0.717) is 36.7 Å². The third kappa shape index (κ3) is 4.01. The van der Waals surface area contributed by atoms with Gasteiger partial charge < -0.3 is 10.2 Å². The van der Waals surface area contributed by atoms with Crippen LogP contribution in [0.5, 0.6) is 0 Å². The minimum absolute atomic E-state index is 0.0393. The molecule has 0 spiro atoms. The van der Waals surface area contributed by atoms with Gasteiger partial charge in [-0.2, -0.15) is 4.52 Å². The Bertz CT molecular complexity index is 1240. The first-order valence-electron chi connectivity index (χ1n) is 10.6. The lowest BCUT2D eigenvalue weighted by Gasteiger charge is -2.32. The number of halogens is 1. The van der Waals surface area contributed by atoms with Crippen molar-refractivity contribution >= 4 is 17.4 Å². The van der Waals surface area contributed by atoms with Crippen LogP contribution in [0.2, 0.25) is 0 Å². The Morgan fingerprint density at radius 3 is 2.62 bits per heavy atom. The summed E-state index contributed by atoms with van der Waals surface area (Å²) in [5.74, 6) is 0.763. The van der Waals surface area contributed by atoms with Crippen LogP contribution < -0.4 is 10.2 Å². The molecular formula is C23H22FN7O. The molecular weight excluding hydrogens is 409 g/mol. The van der Waals surface area contributed by atoms with E-state index >= 15 is 0 Å². The molecule has 8 nitrogen and oxygen atoms in total. The largest absolute Gasteiger partial charge is 0.355 e. The molecule has 3 aromatic heterocycles. The molecule has 1 amide bonds. The molecule has 0 aliphatic carbocycles. The Morgan fingerprint density at radius 2 is 1.84 bits per heavy atom. The molecule has 1 N–H and O–H groups in total. The zero-order chi connectivity index (χ0) is 21.9. The van der Waals surface area contributed by atoms with Crippen LogP contribution in [-0.4, -0.2) is 43.8 Å². The molecule has 1 fully saturated rings. The minimum atomic E-state index is -0.369. The van der Waals surface area contributed by atoms with E-state index in [4.69, 9.17) is 0 Å². The first-order chi connectivity index (χ1) is 15.7. The van der Waals surface area contributed by atoms with Crippen molar-refractivity contribution < 1.29 is 9.18 Å². The summed E-state index contributed by atoms with van der Waals surface area (Å²) in [7, 11) is 0. The van der Waals surface area contributed by atoms with Gasteiger partial charge >= 0.3 is 0 Å². The molecule has 1 aliphatic heterocycles. The lowest BCUT2D eigenvalue weighted by atomic mass is 9.96. The molecule has 1 aliphatic rings. The van der Waals surface area contributed by atoms with Crippen LogP contribution in [0.25, 0.3) is 17.0 Å². The average Bonchev–Trinajstić information content (AvgIpc) is 3.27. The van der Waals surface area contributed by atoms with Crippen molar-refractivity contribution in [2.24, 2.45) is 5.92 Å². The molecule has 9 heteroatoms. The highest BCUT2D eigenvalue weighted by molar-refractivity contribution is 5.79. The Kier molecular flexibility index (Phi) is 5.45. The summed E-state index contributed by atoms with van der Waals surface area (Å²) in [5, 5.41) is 15.9. The lowest BCUT2D eigenvalue weighted by molar-refractivity contribution is -0.125. The molecule has 32 heavy (non-hydrogen) atoms. The van der Waals surface area contributed by atoms with Crippen molar-refractivity contribution in [1.82, 2.24) is 30.1 Å². The average molecular weight is 431 g/mol. The number of anilines is 1. The summed E-state index contributed by atoms with van der Waals surface area (Å²) >= 11 is 0. The number of hydrogen-bond acceptors (Lipinski definition) is 6. The smallest absolute Gasteiger partial charge is 0.223 e. The maximum absolute atomic E-state index is 14.3. The quantitative estimate of drug-likeness (QED) is 0.523. The van der Waals surface area contributed by atoms with Crippen molar-refractivity contribution in [2.45, 2.75) is 19.4 Å². The highest BCUT2D eigenvalue weighted by Gasteiger charge is 2.26. The summed E-state index contributed by atoms with van der Waals surface area (Å²) in [4.78, 5) is 18.9. The number of carbonyl (C=O) groups is 1. The maximum Gasteiger partial charge on any atom is 0.223 e. The number of piperidine rings is 1. The number of benzene rings is 1. The van der Waals surface area contributed by atoms with Crippen LogP contribution in [-0.2, 0) is 11.3 Å². The second-order valence-electron chi connectivity index (χ2n) is 7.77. The van der Waals surface area contributed by atoms with E-state index in [-0.39, 0.29) is 17.6 Å². The first-order valence-corrected chi connectivity index (χ1v) is 10.6. The number of nitrogens with one attached hydrogen (secondary N) is 1. The highest BCUT2D eigenvalue weighted by atomic mass is 19.1. The molecule has 0 saturated carbocycles. The van der Waals surface area contributed by atoms with Crippen LogP contribution in [0.4, 0.5) is 10.2 Å². The zero-order valence-electron chi connectivity index (χ0n) is 17.4. The zero-order valence-corrected chi connectivity index (χ0v) is 17.4. The van der Waals surface area contributed by atoms with Gasteiger partial charge in [0.05, 0.1) is 17.8 Å². The van der Waals surface area contributed by atoms with E-state index in [1.807, 2.05) is 30.3 Å². The SMILES string of the molecule is O=C(NCc1ccccn1)C1CCN(c2ccc3nnc(-c4ccccc4F)n3n2)CC1. The fourth-order valence-corrected chi connectivity index (χ4v) is 3.95. The molecule has 0 unspecified atom stereocenters. The van der Waals surface area contributed by atoms with E-state index in [0.717, 1.165) is 24.4 Å². The lowest BCUT2D eigenvalue weighted by Crippen LogP contribution is -2.40. The third-order valence-corrected chi connectivity index (χ3v) is 5.72. The highest BCUT2D eigenvalue weighted by Crippen LogP contribution is 2.25. The number of amides is 1.